The summed E-state index contributed by atoms with van der Waals surface area (Å²) in [6, 6.07) is 8.33. The van der Waals surface area contributed by atoms with Gasteiger partial charge in [-0.15, -0.1) is 11.3 Å². The summed E-state index contributed by atoms with van der Waals surface area (Å²) in [6.45, 7) is 4.32. The Labute approximate surface area is 122 Å². The van der Waals surface area contributed by atoms with Crippen molar-refractivity contribution in [3.8, 4) is 0 Å². The molecule has 1 aromatic heterocycles. The molecule has 0 atom stereocenters. The normalized spacial score (nSPS) is 22.8. The summed E-state index contributed by atoms with van der Waals surface area (Å²) >= 11 is 1.79. The highest BCUT2D eigenvalue weighted by molar-refractivity contribution is 7.18. The van der Waals surface area contributed by atoms with Gasteiger partial charge in [-0.25, -0.2) is 4.98 Å². The average Bonchev–Trinajstić information content (AvgIpc) is 3.05. The zero-order valence-electron chi connectivity index (χ0n) is 11.4. The van der Waals surface area contributed by atoms with Gasteiger partial charge in [0.25, 0.3) is 0 Å². The fourth-order valence-electron chi connectivity index (χ4n) is 3.12. The lowest BCUT2D eigenvalue weighted by Crippen LogP contribution is -2.48. The van der Waals surface area contributed by atoms with E-state index in [4.69, 9.17) is 14.5 Å². The Balaban J connectivity index is 1.50. The van der Waals surface area contributed by atoms with Crippen LogP contribution < -0.4 is 0 Å². The van der Waals surface area contributed by atoms with E-state index in [1.807, 2.05) is 6.07 Å². The standard InChI is InChI=1S/C15H18N2O2S/c1-2-5-13-12(4-1)16-14(20-13)10-17-7-3-6-15(11-17)18-8-9-19-15/h1-2,4-5H,3,6-11H2. The molecule has 3 heterocycles. The Bertz CT molecular complexity index is 574. The van der Waals surface area contributed by atoms with Crippen LogP contribution in [0.1, 0.15) is 17.8 Å². The molecule has 0 bridgehead atoms. The van der Waals surface area contributed by atoms with Crippen LogP contribution in [0, 0.1) is 0 Å². The molecule has 2 aliphatic heterocycles. The van der Waals surface area contributed by atoms with Crippen LogP contribution in [0.5, 0.6) is 0 Å². The van der Waals surface area contributed by atoms with E-state index in [-0.39, 0.29) is 5.79 Å². The highest BCUT2D eigenvalue weighted by atomic mass is 32.1. The van der Waals surface area contributed by atoms with Crippen molar-refractivity contribution in [3.63, 3.8) is 0 Å². The predicted octanol–water partition coefficient (Wildman–Crippen LogP) is 2.64. The highest BCUT2D eigenvalue weighted by Crippen LogP contribution is 2.31. The summed E-state index contributed by atoms with van der Waals surface area (Å²) in [6.07, 6.45) is 2.15. The summed E-state index contributed by atoms with van der Waals surface area (Å²) in [4.78, 5) is 7.13. The molecule has 4 nitrogen and oxygen atoms in total. The molecule has 20 heavy (non-hydrogen) atoms. The number of thiazole rings is 1. The SMILES string of the molecule is c1ccc2sc(CN3CCCC4(C3)OCCO4)nc2c1. The van der Waals surface area contributed by atoms with Crippen molar-refractivity contribution in [3.05, 3.63) is 29.3 Å². The van der Waals surface area contributed by atoms with Gasteiger partial charge in [-0.1, -0.05) is 12.1 Å². The highest BCUT2D eigenvalue weighted by Gasteiger charge is 2.40. The molecule has 2 fully saturated rings. The van der Waals surface area contributed by atoms with Gasteiger partial charge in [0, 0.05) is 6.42 Å². The first-order valence-electron chi connectivity index (χ1n) is 7.18. The van der Waals surface area contributed by atoms with E-state index in [0.29, 0.717) is 0 Å². The van der Waals surface area contributed by atoms with E-state index >= 15 is 0 Å². The van der Waals surface area contributed by atoms with E-state index in [2.05, 4.69) is 23.1 Å². The van der Waals surface area contributed by atoms with Crippen molar-refractivity contribution in [2.24, 2.45) is 0 Å². The van der Waals surface area contributed by atoms with Gasteiger partial charge in [0.2, 0.25) is 0 Å². The van der Waals surface area contributed by atoms with Crippen LogP contribution in [-0.4, -0.2) is 42.0 Å². The first-order valence-corrected chi connectivity index (χ1v) is 7.99. The molecular weight excluding hydrogens is 272 g/mol. The number of hydrogen-bond acceptors (Lipinski definition) is 5. The maximum Gasteiger partial charge on any atom is 0.181 e. The molecule has 1 aromatic carbocycles. The summed E-state index contributed by atoms with van der Waals surface area (Å²) in [5.74, 6) is -0.338. The smallest absolute Gasteiger partial charge is 0.181 e. The van der Waals surface area contributed by atoms with Gasteiger partial charge >= 0.3 is 0 Å². The molecule has 0 amide bonds. The Morgan fingerprint density at radius 2 is 2.10 bits per heavy atom. The van der Waals surface area contributed by atoms with Crippen molar-refractivity contribution in [2.75, 3.05) is 26.3 Å². The zero-order valence-corrected chi connectivity index (χ0v) is 12.2. The number of fused-ring (bicyclic) bond motifs is 1. The molecule has 0 N–H and O–H groups in total. The third-order valence-electron chi connectivity index (χ3n) is 4.01. The lowest BCUT2D eigenvalue weighted by molar-refractivity contribution is -0.190. The molecule has 4 rings (SSSR count). The van der Waals surface area contributed by atoms with Gasteiger partial charge in [-0.05, 0) is 25.1 Å². The van der Waals surface area contributed by atoms with Gasteiger partial charge in [0.1, 0.15) is 5.01 Å². The number of likely N-dealkylation sites (tertiary alicyclic amines) is 1. The fourth-order valence-corrected chi connectivity index (χ4v) is 4.13. The second-order valence-electron chi connectivity index (χ2n) is 5.50. The minimum absolute atomic E-state index is 0.338. The van der Waals surface area contributed by atoms with Gasteiger partial charge in [-0.2, -0.15) is 0 Å². The van der Waals surface area contributed by atoms with Crippen molar-refractivity contribution in [2.45, 2.75) is 25.2 Å². The number of rotatable bonds is 2. The minimum Gasteiger partial charge on any atom is -0.346 e. The third kappa shape index (κ3) is 2.35. The van der Waals surface area contributed by atoms with Crippen molar-refractivity contribution < 1.29 is 9.47 Å². The molecular formula is C15H18N2O2S. The first-order chi connectivity index (χ1) is 9.83. The number of nitrogens with zero attached hydrogens (tertiary/aromatic N) is 2. The second-order valence-corrected chi connectivity index (χ2v) is 6.61. The lowest BCUT2D eigenvalue weighted by Gasteiger charge is -2.38. The topological polar surface area (TPSA) is 34.6 Å². The summed E-state index contributed by atoms with van der Waals surface area (Å²) in [7, 11) is 0. The molecule has 2 aromatic rings. The molecule has 106 valence electrons. The van der Waals surface area contributed by atoms with E-state index in [1.165, 1.54) is 9.71 Å². The van der Waals surface area contributed by atoms with E-state index < -0.39 is 0 Å². The predicted molar refractivity (Wildman–Crippen MR) is 78.8 cm³/mol. The number of piperidine rings is 1. The molecule has 0 unspecified atom stereocenters. The lowest BCUT2D eigenvalue weighted by atomic mass is 10.0. The van der Waals surface area contributed by atoms with E-state index in [1.54, 1.807) is 11.3 Å². The number of benzene rings is 1. The largest absolute Gasteiger partial charge is 0.346 e. The summed E-state index contributed by atoms with van der Waals surface area (Å²) in [5.41, 5.74) is 1.10. The quantitative estimate of drug-likeness (QED) is 0.851. The second kappa shape index (κ2) is 5.07. The Hall–Kier alpha value is -1.01. The van der Waals surface area contributed by atoms with Crippen LogP contribution in [0.25, 0.3) is 10.2 Å². The summed E-state index contributed by atoms with van der Waals surface area (Å²) < 4.78 is 12.9. The van der Waals surface area contributed by atoms with Crippen LogP contribution in [0.15, 0.2) is 24.3 Å². The number of ether oxygens (including phenoxy) is 2. The van der Waals surface area contributed by atoms with Crippen LogP contribution in [-0.2, 0) is 16.0 Å². The maximum absolute atomic E-state index is 5.83. The Morgan fingerprint density at radius 1 is 1.25 bits per heavy atom. The first kappa shape index (κ1) is 12.7. The molecule has 0 aliphatic carbocycles. The van der Waals surface area contributed by atoms with Crippen molar-refractivity contribution >= 4 is 21.6 Å². The number of para-hydroxylation sites is 1. The molecule has 5 heteroatoms. The van der Waals surface area contributed by atoms with Crippen LogP contribution in [0.2, 0.25) is 0 Å². The molecule has 0 saturated carbocycles. The van der Waals surface area contributed by atoms with E-state index in [0.717, 1.165) is 51.2 Å². The Morgan fingerprint density at radius 3 is 2.95 bits per heavy atom. The van der Waals surface area contributed by atoms with Gasteiger partial charge < -0.3 is 9.47 Å². The van der Waals surface area contributed by atoms with Crippen LogP contribution in [0.4, 0.5) is 0 Å². The minimum atomic E-state index is -0.338. The molecule has 2 saturated heterocycles. The third-order valence-corrected chi connectivity index (χ3v) is 5.03. The number of hydrogen-bond donors (Lipinski definition) is 0. The van der Waals surface area contributed by atoms with Crippen LogP contribution in [0.3, 0.4) is 0 Å². The van der Waals surface area contributed by atoms with Crippen molar-refractivity contribution in [1.29, 1.82) is 0 Å². The van der Waals surface area contributed by atoms with Gasteiger partial charge in [-0.3, -0.25) is 4.90 Å². The van der Waals surface area contributed by atoms with Crippen LogP contribution >= 0.6 is 11.3 Å². The van der Waals surface area contributed by atoms with Crippen molar-refractivity contribution in [1.82, 2.24) is 9.88 Å². The molecule has 2 aliphatic rings. The van der Waals surface area contributed by atoms with Gasteiger partial charge in [0.05, 0.1) is 36.5 Å². The number of aromatic nitrogens is 1. The average molecular weight is 290 g/mol. The maximum atomic E-state index is 5.83. The molecule has 1 spiro atoms. The monoisotopic (exact) mass is 290 g/mol. The zero-order chi connectivity index (χ0) is 13.4. The Kier molecular flexibility index (Phi) is 3.22. The molecule has 0 radical (unpaired) electrons. The summed E-state index contributed by atoms with van der Waals surface area (Å²) in [5, 5.41) is 1.18. The fraction of sp³-hybridized carbons (Fsp3) is 0.533. The van der Waals surface area contributed by atoms with E-state index in [9.17, 15) is 0 Å². The van der Waals surface area contributed by atoms with Gasteiger partial charge in [0.15, 0.2) is 5.79 Å².